The Morgan fingerprint density at radius 3 is 3.05 bits per heavy atom. The van der Waals surface area contributed by atoms with E-state index in [9.17, 15) is 8.42 Å². The van der Waals surface area contributed by atoms with Crippen molar-refractivity contribution in [3.8, 4) is 11.4 Å². The molecule has 22 heavy (non-hydrogen) atoms. The Balaban J connectivity index is 1.56. The minimum absolute atomic E-state index is 0.0884. The van der Waals surface area contributed by atoms with E-state index in [0.29, 0.717) is 24.6 Å². The molecule has 1 aliphatic heterocycles. The number of hydrogen-bond donors (Lipinski definition) is 1. The van der Waals surface area contributed by atoms with Gasteiger partial charge in [-0.2, -0.15) is 4.98 Å². The number of sulfone groups is 1. The van der Waals surface area contributed by atoms with Crippen LogP contribution < -0.4 is 0 Å². The van der Waals surface area contributed by atoms with Crippen molar-refractivity contribution in [2.24, 2.45) is 5.92 Å². The lowest BCUT2D eigenvalue weighted by molar-refractivity contribution is 0.359. The van der Waals surface area contributed by atoms with Crippen molar-refractivity contribution in [2.75, 3.05) is 11.5 Å². The summed E-state index contributed by atoms with van der Waals surface area (Å²) in [4.78, 5) is 7.54. The van der Waals surface area contributed by atoms with Gasteiger partial charge in [-0.25, -0.2) is 8.42 Å². The first-order valence-corrected chi connectivity index (χ1v) is 9.02. The lowest BCUT2D eigenvalue weighted by Crippen LogP contribution is -2.07. The summed E-state index contributed by atoms with van der Waals surface area (Å²) in [6.45, 7) is 0. The fourth-order valence-electron chi connectivity index (χ4n) is 2.93. The van der Waals surface area contributed by atoms with Crippen LogP contribution in [-0.4, -0.2) is 35.0 Å². The largest absolute Gasteiger partial charge is 0.361 e. The molecule has 1 aromatic carbocycles. The van der Waals surface area contributed by atoms with E-state index in [1.165, 1.54) is 0 Å². The molecule has 114 valence electrons. The molecule has 3 aromatic rings. The minimum Gasteiger partial charge on any atom is -0.361 e. The van der Waals surface area contributed by atoms with Gasteiger partial charge in [-0.3, -0.25) is 0 Å². The van der Waals surface area contributed by atoms with Gasteiger partial charge in [-0.1, -0.05) is 5.16 Å². The van der Waals surface area contributed by atoms with E-state index in [4.69, 9.17) is 4.52 Å². The van der Waals surface area contributed by atoms with Crippen molar-refractivity contribution in [1.29, 1.82) is 0 Å². The van der Waals surface area contributed by atoms with Gasteiger partial charge in [0.15, 0.2) is 9.84 Å². The van der Waals surface area contributed by atoms with Crippen molar-refractivity contribution >= 4 is 20.7 Å². The molecule has 1 N–H and O–H groups in total. The molecule has 0 saturated carbocycles. The molecule has 0 spiro atoms. The maximum atomic E-state index is 11.5. The lowest BCUT2D eigenvalue weighted by atomic mass is 10.1. The molecule has 1 aliphatic rings. The van der Waals surface area contributed by atoms with E-state index < -0.39 is 9.84 Å². The summed E-state index contributed by atoms with van der Waals surface area (Å²) >= 11 is 0. The molecule has 1 saturated heterocycles. The summed E-state index contributed by atoms with van der Waals surface area (Å²) in [5, 5.41) is 5.10. The Morgan fingerprint density at radius 2 is 2.23 bits per heavy atom. The topological polar surface area (TPSA) is 88.9 Å². The summed E-state index contributed by atoms with van der Waals surface area (Å²) in [6.07, 6.45) is 3.09. The molecule has 0 bridgehead atoms. The number of aromatic nitrogens is 3. The first-order chi connectivity index (χ1) is 10.6. The van der Waals surface area contributed by atoms with Crippen LogP contribution in [0.4, 0.5) is 0 Å². The van der Waals surface area contributed by atoms with Gasteiger partial charge in [-0.05, 0) is 36.6 Å². The monoisotopic (exact) mass is 317 g/mol. The number of rotatable bonds is 3. The quantitative estimate of drug-likeness (QED) is 0.800. The zero-order valence-corrected chi connectivity index (χ0v) is 12.6. The Hall–Kier alpha value is -2.15. The number of fused-ring (bicyclic) bond motifs is 1. The summed E-state index contributed by atoms with van der Waals surface area (Å²) in [6, 6.07) is 7.90. The average molecular weight is 317 g/mol. The molecule has 3 heterocycles. The Kier molecular flexibility index (Phi) is 3.04. The van der Waals surface area contributed by atoms with Crippen LogP contribution in [0.25, 0.3) is 22.3 Å². The Bertz CT molecular complexity index is 926. The molecular formula is C15H15N3O3S. The van der Waals surface area contributed by atoms with Crippen LogP contribution in [0.15, 0.2) is 35.0 Å². The van der Waals surface area contributed by atoms with Crippen LogP contribution >= 0.6 is 0 Å². The molecule has 0 radical (unpaired) electrons. The molecule has 1 atom stereocenters. The minimum atomic E-state index is -2.87. The van der Waals surface area contributed by atoms with Crippen LogP contribution in [0.2, 0.25) is 0 Å². The fraction of sp³-hybridized carbons (Fsp3) is 0.333. The predicted molar refractivity (Wildman–Crippen MR) is 82.1 cm³/mol. The van der Waals surface area contributed by atoms with Crippen LogP contribution in [0.5, 0.6) is 0 Å². The molecule has 6 nitrogen and oxygen atoms in total. The highest BCUT2D eigenvalue weighted by atomic mass is 32.2. The molecule has 0 amide bonds. The van der Waals surface area contributed by atoms with E-state index in [2.05, 4.69) is 15.1 Å². The van der Waals surface area contributed by atoms with E-state index >= 15 is 0 Å². The van der Waals surface area contributed by atoms with Crippen molar-refractivity contribution in [2.45, 2.75) is 12.8 Å². The molecule has 2 aromatic heterocycles. The number of benzene rings is 1. The van der Waals surface area contributed by atoms with Crippen LogP contribution in [-0.2, 0) is 16.3 Å². The second-order valence-corrected chi connectivity index (χ2v) is 7.99. The van der Waals surface area contributed by atoms with Crippen molar-refractivity contribution in [3.63, 3.8) is 0 Å². The van der Waals surface area contributed by atoms with Gasteiger partial charge in [0, 0.05) is 29.1 Å². The van der Waals surface area contributed by atoms with Crippen molar-refractivity contribution < 1.29 is 12.9 Å². The third-order valence-electron chi connectivity index (χ3n) is 4.07. The van der Waals surface area contributed by atoms with Gasteiger partial charge in [-0.15, -0.1) is 0 Å². The molecular weight excluding hydrogens is 302 g/mol. The van der Waals surface area contributed by atoms with Crippen molar-refractivity contribution in [3.05, 3.63) is 36.4 Å². The Morgan fingerprint density at radius 1 is 1.32 bits per heavy atom. The summed E-state index contributed by atoms with van der Waals surface area (Å²) in [5.41, 5.74) is 1.95. The number of hydrogen-bond acceptors (Lipinski definition) is 5. The molecule has 4 rings (SSSR count). The zero-order chi connectivity index (χ0) is 15.2. The number of nitrogens with one attached hydrogen (secondary N) is 1. The molecule has 0 aliphatic carbocycles. The Labute approximate surface area is 127 Å². The maximum Gasteiger partial charge on any atom is 0.227 e. The molecule has 7 heteroatoms. The van der Waals surface area contributed by atoms with E-state index in [1.807, 2.05) is 30.5 Å². The number of nitrogens with zero attached hydrogens (tertiary/aromatic N) is 2. The summed E-state index contributed by atoms with van der Waals surface area (Å²) < 4.78 is 28.3. The predicted octanol–water partition coefficient (Wildman–Crippen LogP) is 2.20. The average Bonchev–Trinajstić information content (AvgIpc) is 3.18. The second-order valence-electron chi connectivity index (χ2n) is 5.76. The van der Waals surface area contributed by atoms with Gasteiger partial charge in [0.1, 0.15) is 0 Å². The van der Waals surface area contributed by atoms with Crippen molar-refractivity contribution in [1.82, 2.24) is 15.1 Å². The highest BCUT2D eigenvalue weighted by Crippen LogP contribution is 2.25. The smallest absolute Gasteiger partial charge is 0.227 e. The SMILES string of the molecule is O=S1(=O)CC[C@@H](Cc2nc(-c3ccc4[nH]ccc4c3)no2)C1. The molecule has 1 fully saturated rings. The number of aromatic amines is 1. The standard InChI is InChI=1S/C15H15N3O3S/c19-22(20)6-4-10(9-22)7-14-17-15(18-21-14)12-1-2-13-11(8-12)3-5-16-13/h1-3,5,8,10,16H,4,6-7,9H2/t10-/m0/s1. The van der Waals surface area contributed by atoms with Crippen LogP contribution in [0.3, 0.4) is 0 Å². The van der Waals surface area contributed by atoms with Gasteiger partial charge in [0.2, 0.25) is 11.7 Å². The first-order valence-electron chi connectivity index (χ1n) is 7.20. The lowest BCUT2D eigenvalue weighted by Gasteiger charge is -2.01. The van der Waals surface area contributed by atoms with Gasteiger partial charge in [0.05, 0.1) is 11.5 Å². The van der Waals surface area contributed by atoms with Crippen LogP contribution in [0, 0.1) is 5.92 Å². The third kappa shape index (κ3) is 2.52. The normalized spacial score (nSPS) is 20.6. The second kappa shape index (κ2) is 4.95. The fourth-order valence-corrected chi connectivity index (χ4v) is 4.79. The molecule has 0 unspecified atom stereocenters. The van der Waals surface area contributed by atoms with Crippen LogP contribution in [0.1, 0.15) is 12.3 Å². The highest BCUT2D eigenvalue weighted by molar-refractivity contribution is 7.91. The third-order valence-corrected chi connectivity index (χ3v) is 5.91. The van der Waals surface area contributed by atoms with Gasteiger partial charge >= 0.3 is 0 Å². The first kappa shape index (κ1) is 13.5. The van der Waals surface area contributed by atoms with E-state index in [1.54, 1.807) is 0 Å². The maximum absolute atomic E-state index is 11.5. The summed E-state index contributed by atoms with van der Waals surface area (Å²) in [7, 11) is -2.87. The van der Waals surface area contributed by atoms with E-state index in [-0.39, 0.29) is 17.4 Å². The zero-order valence-electron chi connectivity index (χ0n) is 11.8. The highest BCUT2D eigenvalue weighted by Gasteiger charge is 2.29. The van der Waals surface area contributed by atoms with Gasteiger partial charge < -0.3 is 9.51 Å². The van der Waals surface area contributed by atoms with E-state index in [0.717, 1.165) is 16.5 Å². The van der Waals surface area contributed by atoms with Gasteiger partial charge in [0.25, 0.3) is 0 Å². The summed E-state index contributed by atoms with van der Waals surface area (Å²) in [5.74, 6) is 1.62. The number of H-pyrrole nitrogens is 1.